The Labute approximate surface area is 264 Å². The number of carbonyl (C=O) groups is 2. The van der Waals surface area contributed by atoms with Gasteiger partial charge in [-0.25, -0.2) is 8.42 Å². The van der Waals surface area contributed by atoms with E-state index < -0.39 is 28.5 Å². The fourth-order valence-electron chi connectivity index (χ4n) is 5.26. The van der Waals surface area contributed by atoms with Crippen molar-refractivity contribution >= 4 is 50.7 Å². The molecule has 1 aliphatic rings. The molecule has 11 heteroatoms. The molecule has 8 nitrogen and oxygen atoms in total. The Bertz CT molecular complexity index is 1480. The molecule has 3 aromatic rings. The molecule has 1 atom stereocenters. The number of halogens is 2. The van der Waals surface area contributed by atoms with Crippen molar-refractivity contribution in [3.8, 4) is 5.75 Å². The molecule has 3 aromatic carbocycles. The van der Waals surface area contributed by atoms with Crippen molar-refractivity contribution in [3.63, 3.8) is 0 Å². The van der Waals surface area contributed by atoms with Crippen molar-refractivity contribution in [1.29, 1.82) is 0 Å². The SMILES string of the molecule is CCOc1ccc(N(CC(=O)N(Cc2c(Cl)cccc2Cl)[C@H](CC)C(=O)NC2CCCC2)S(=O)(=O)c2ccccc2)cc1. The lowest BCUT2D eigenvalue weighted by atomic mass is 10.1. The van der Waals surface area contributed by atoms with Crippen molar-refractivity contribution in [1.82, 2.24) is 10.2 Å². The van der Waals surface area contributed by atoms with Gasteiger partial charge in [-0.3, -0.25) is 13.9 Å². The number of anilines is 1. The topological polar surface area (TPSA) is 96.0 Å². The van der Waals surface area contributed by atoms with Crippen LogP contribution in [0.25, 0.3) is 0 Å². The lowest BCUT2D eigenvalue weighted by molar-refractivity contribution is -0.140. The second kappa shape index (κ2) is 14.9. The summed E-state index contributed by atoms with van der Waals surface area (Å²) in [7, 11) is -4.18. The van der Waals surface area contributed by atoms with Crippen molar-refractivity contribution < 1.29 is 22.7 Å². The van der Waals surface area contributed by atoms with E-state index in [2.05, 4.69) is 5.32 Å². The highest BCUT2D eigenvalue weighted by molar-refractivity contribution is 7.92. The van der Waals surface area contributed by atoms with Crippen LogP contribution in [0.5, 0.6) is 5.75 Å². The second-order valence-electron chi connectivity index (χ2n) is 10.4. The summed E-state index contributed by atoms with van der Waals surface area (Å²) in [5.41, 5.74) is 0.754. The number of benzene rings is 3. The molecular formula is C32H37Cl2N3O5S. The molecule has 0 aromatic heterocycles. The largest absolute Gasteiger partial charge is 0.494 e. The number of nitrogens with one attached hydrogen (secondary N) is 1. The molecule has 1 saturated carbocycles. The van der Waals surface area contributed by atoms with E-state index in [0.717, 1.165) is 30.0 Å². The molecular weight excluding hydrogens is 609 g/mol. The second-order valence-corrected chi connectivity index (χ2v) is 13.1. The first-order chi connectivity index (χ1) is 20.6. The van der Waals surface area contributed by atoms with Crippen LogP contribution in [0.4, 0.5) is 5.69 Å². The van der Waals surface area contributed by atoms with Crippen LogP contribution in [0.3, 0.4) is 0 Å². The van der Waals surface area contributed by atoms with E-state index in [1.165, 1.54) is 17.0 Å². The minimum Gasteiger partial charge on any atom is -0.494 e. The Morgan fingerprint density at radius 1 is 0.930 bits per heavy atom. The van der Waals surface area contributed by atoms with Gasteiger partial charge in [0.15, 0.2) is 0 Å². The maximum atomic E-state index is 14.3. The van der Waals surface area contributed by atoms with E-state index in [0.29, 0.717) is 34.4 Å². The minimum absolute atomic E-state index is 0.0309. The number of hydrogen-bond acceptors (Lipinski definition) is 5. The lowest BCUT2D eigenvalue weighted by Gasteiger charge is -2.34. The summed E-state index contributed by atoms with van der Waals surface area (Å²) in [6.45, 7) is 3.49. The zero-order chi connectivity index (χ0) is 31.0. The summed E-state index contributed by atoms with van der Waals surface area (Å²) in [4.78, 5) is 29.3. The van der Waals surface area contributed by atoms with Gasteiger partial charge in [0.25, 0.3) is 10.0 Å². The number of sulfonamides is 1. The summed E-state index contributed by atoms with van der Waals surface area (Å²) in [6, 6.07) is 18.6. The molecule has 1 fully saturated rings. The van der Waals surface area contributed by atoms with Gasteiger partial charge in [0.05, 0.1) is 17.2 Å². The first-order valence-electron chi connectivity index (χ1n) is 14.5. The highest BCUT2D eigenvalue weighted by Gasteiger charge is 2.35. The summed E-state index contributed by atoms with van der Waals surface area (Å²) in [6.07, 6.45) is 4.14. The van der Waals surface area contributed by atoms with Gasteiger partial charge < -0.3 is 15.0 Å². The smallest absolute Gasteiger partial charge is 0.264 e. The first-order valence-corrected chi connectivity index (χ1v) is 16.7. The molecule has 0 heterocycles. The van der Waals surface area contributed by atoms with Gasteiger partial charge in [-0.15, -0.1) is 0 Å². The van der Waals surface area contributed by atoms with E-state index in [1.54, 1.807) is 60.7 Å². The van der Waals surface area contributed by atoms with Crippen molar-refractivity contribution in [2.45, 2.75) is 69.5 Å². The maximum Gasteiger partial charge on any atom is 0.264 e. The van der Waals surface area contributed by atoms with Crippen LogP contribution >= 0.6 is 23.2 Å². The quantitative estimate of drug-likeness (QED) is 0.230. The molecule has 0 saturated heterocycles. The summed E-state index contributed by atoms with van der Waals surface area (Å²) in [5.74, 6) is -0.290. The molecule has 230 valence electrons. The zero-order valence-electron chi connectivity index (χ0n) is 24.3. The molecule has 1 N–H and O–H groups in total. The number of ether oxygens (including phenoxy) is 1. The summed E-state index contributed by atoms with van der Waals surface area (Å²) in [5, 5.41) is 3.78. The van der Waals surface area contributed by atoms with Crippen molar-refractivity contribution in [3.05, 3.63) is 88.4 Å². The van der Waals surface area contributed by atoms with Crippen LogP contribution in [0, 0.1) is 0 Å². The predicted molar refractivity (Wildman–Crippen MR) is 170 cm³/mol. The number of nitrogens with zero attached hydrogens (tertiary/aromatic N) is 2. The monoisotopic (exact) mass is 645 g/mol. The van der Waals surface area contributed by atoms with Gasteiger partial charge >= 0.3 is 0 Å². The fourth-order valence-corrected chi connectivity index (χ4v) is 7.22. The fraction of sp³-hybridized carbons (Fsp3) is 0.375. The number of carbonyl (C=O) groups excluding carboxylic acids is 2. The average Bonchev–Trinajstić information content (AvgIpc) is 3.51. The molecule has 0 aliphatic heterocycles. The Hall–Kier alpha value is -3.27. The van der Waals surface area contributed by atoms with E-state index in [-0.39, 0.29) is 29.1 Å². The van der Waals surface area contributed by atoms with Crippen molar-refractivity contribution in [2.75, 3.05) is 17.5 Å². The van der Waals surface area contributed by atoms with E-state index in [4.69, 9.17) is 27.9 Å². The van der Waals surface area contributed by atoms with Gasteiger partial charge in [-0.2, -0.15) is 0 Å². The standard InChI is InChI=1S/C32H37Cl2N3O5S/c1-3-30(32(39)35-23-11-8-9-12-23)36(21-27-28(33)15-10-16-29(27)34)31(38)22-37(24-17-19-25(20-18-24)42-4-2)43(40,41)26-13-6-5-7-14-26/h5-7,10,13-20,23,30H,3-4,8-9,11-12,21-22H2,1-2H3,(H,35,39)/t30-/m1/s1. The zero-order valence-corrected chi connectivity index (χ0v) is 26.7. The van der Waals surface area contributed by atoms with Crippen LogP contribution in [-0.2, 0) is 26.2 Å². The van der Waals surface area contributed by atoms with Crippen LogP contribution in [-0.4, -0.2) is 50.4 Å². The molecule has 0 spiro atoms. The van der Waals surface area contributed by atoms with E-state index in [9.17, 15) is 18.0 Å². The molecule has 2 amide bonds. The van der Waals surface area contributed by atoms with Crippen LogP contribution in [0.15, 0.2) is 77.7 Å². The minimum atomic E-state index is -4.18. The normalized spacial score (nSPS) is 14.2. The van der Waals surface area contributed by atoms with Crippen LogP contribution < -0.4 is 14.4 Å². The lowest BCUT2D eigenvalue weighted by Crippen LogP contribution is -2.53. The number of rotatable bonds is 13. The average molecular weight is 647 g/mol. The Kier molecular flexibility index (Phi) is 11.3. The summed E-state index contributed by atoms with van der Waals surface area (Å²) >= 11 is 13.0. The molecule has 43 heavy (non-hydrogen) atoms. The molecule has 1 aliphatic carbocycles. The Morgan fingerprint density at radius 3 is 2.14 bits per heavy atom. The third-order valence-electron chi connectivity index (χ3n) is 7.52. The Morgan fingerprint density at radius 2 is 1.56 bits per heavy atom. The van der Waals surface area contributed by atoms with Gasteiger partial charge in [0, 0.05) is 28.2 Å². The molecule has 0 radical (unpaired) electrons. The third-order valence-corrected chi connectivity index (χ3v) is 10.0. The van der Waals surface area contributed by atoms with Gasteiger partial charge in [0.2, 0.25) is 11.8 Å². The number of amides is 2. The maximum absolute atomic E-state index is 14.3. The Balaban J connectivity index is 1.73. The van der Waals surface area contributed by atoms with Crippen LogP contribution in [0.1, 0.15) is 51.5 Å². The summed E-state index contributed by atoms with van der Waals surface area (Å²) < 4.78 is 34.5. The van der Waals surface area contributed by atoms with Gasteiger partial charge in [-0.05, 0) is 74.7 Å². The predicted octanol–water partition coefficient (Wildman–Crippen LogP) is 6.45. The van der Waals surface area contributed by atoms with Crippen LogP contribution in [0.2, 0.25) is 10.0 Å². The highest BCUT2D eigenvalue weighted by atomic mass is 35.5. The number of hydrogen-bond donors (Lipinski definition) is 1. The van der Waals surface area contributed by atoms with E-state index >= 15 is 0 Å². The third kappa shape index (κ3) is 8.02. The molecule has 4 rings (SSSR count). The first kappa shape index (κ1) is 32.6. The van der Waals surface area contributed by atoms with Gasteiger partial charge in [0.1, 0.15) is 18.3 Å². The van der Waals surface area contributed by atoms with Crippen molar-refractivity contribution in [2.24, 2.45) is 0 Å². The molecule has 0 unspecified atom stereocenters. The van der Waals surface area contributed by atoms with Gasteiger partial charge in [-0.1, -0.05) is 67.2 Å². The highest BCUT2D eigenvalue weighted by Crippen LogP contribution is 2.30. The van der Waals surface area contributed by atoms with E-state index in [1.807, 2.05) is 13.8 Å². The molecule has 0 bridgehead atoms.